The van der Waals surface area contributed by atoms with Gasteiger partial charge in [0.15, 0.2) is 0 Å². The van der Waals surface area contributed by atoms with Crippen LogP contribution in [0.15, 0.2) is 53.9 Å². The van der Waals surface area contributed by atoms with Gasteiger partial charge in [-0.3, -0.25) is 9.79 Å². The van der Waals surface area contributed by atoms with Crippen molar-refractivity contribution in [2.24, 2.45) is 4.99 Å². The SMILES string of the molecule is CC(C)(O)COc1cc(-c2ccc(N3CCC(C)(NC(=O)C4=NCCC=C4)CC3)nc2)c2c(C#N)cnn2c1. The van der Waals surface area contributed by atoms with Crippen LogP contribution in [0.4, 0.5) is 5.82 Å². The number of fused-ring (bicyclic) bond motifs is 1. The number of amides is 1. The number of nitrogens with one attached hydrogen (secondary N) is 1. The Bertz CT molecular complexity index is 1470. The number of ether oxygens (including phenoxy) is 1. The second-order valence-corrected chi connectivity index (χ2v) is 11.0. The second-order valence-electron chi connectivity index (χ2n) is 11.0. The van der Waals surface area contributed by atoms with Gasteiger partial charge in [0, 0.05) is 42.5 Å². The van der Waals surface area contributed by atoms with Gasteiger partial charge in [-0.05, 0) is 64.3 Å². The predicted octanol–water partition coefficient (Wildman–Crippen LogP) is 3.29. The Labute approximate surface area is 227 Å². The third-order valence-electron chi connectivity index (χ3n) is 7.05. The lowest BCUT2D eigenvalue weighted by Gasteiger charge is -2.40. The van der Waals surface area contributed by atoms with Gasteiger partial charge >= 0.3 is 0 Å². The Hall–Kier alpha value is -4.23. The van der Waals surface area contributed by atoms with E-state index in [9.17, 15) is 15.2 Å². The third kappa shape index (κ3) is 5.94. The number of aromatic nitrogens is 3. The van der Waals surface area contributed by atoms with E-state index in [0.29, 0.717) is 29.1 Å². The van der Waals surface area contributed by atoms with Crippen LogP contribution in [0, 0.1) is 11.3 Å². The van der Waals surface area contributed by atoms with Gasteiger partial charge < -0.3 is 20.1 Å². The zero-order chi connectivity index (χ0) is 27.6. The van der Waals surface area contributed by atoms with Crippen molar-refractivity contribution in [1.29, 1.82) is 5.26 Å². The van der Waals surface area contributed by atoms with E-state index >= 15 is 0 Å². The zero-order valence-electron chi connectivity index (χ0n) is 22.5. The molecule has 5 heterocycles. The molecule has 202 valence electrons. The Balaban J connectivity index is 1.31. The summed E-state index contributed by atoms with van der Waals surface area (Å²) < 4.78 is 7.45. The second kappa shape index (κ2) is 10.5. The summed E-state index contributed by atoms with van der Waals surface area (Å²) in [6.07, 6.45) is 11.3. The lowest BCUT2D eigenvalue weighted by molar-refractivity contribution is -0.116. The van der Waals surface area contributed by atoms with Crippen LogP contribution in [-0.4, -0.2) is 68.7 Å². The molecule has 10 nitrogen and oxygen atoms in total. The number of hydrogen-bond acceptors (Lipinski definition) is 8. The molecule has 3 aromatic heterocycles. The summed E-state index contributed by atoms with van der Waals surface area (Å²) in [6.45, 7) is 7.74. The summed E-state index contributed by atoms with van der Waals surface area (Å²) in [6, 6.07) is 8.01. The highest BCUT2D eigenvalue weighted by molar-refractivity contribution is 6.43. The minimum absolute atomic E-state index is 0.110. The fraction of sp³-hybridized carbons (Fsp3) is 0.414. The van der Waals surface area contributed by atoms with Crippen LogP contribution in [0.2, 0.25) is 0 Å². The topological polar surface area (TPSA) is 128 Å². The number of aliphatic imine (C=N–C) groups is 1. The molecule has 0 aromatic carbocycles. The third-order valence-corrected chi connectivity index (χ3v) is 7.05. The Morgan fingerprint density at radius 3 is 2.72 bits per heavy atom. The van der Waals surface area contributed by atoms with Crippen LogP contribution in [-0.2, 0) is 4.79 Å². The maximum absolute atomic E-state index is 12.7. The zero-order valence-corrected chi connectivity index (χ0v) is 22.5. The Morgan fingerprint density at radius 2 is 2.08 bits per heavy atom. The molecule has 1 amide bonds. The van der Waals surface area contributed by atoms with Gasteiger partial charge in [-0.25, -0.2) is 9.50 Å². The summed E-state index contributed by atoms with van der Waals surface area (Å²) in [5.74, 6) is 1.27. The standard InChI is InChI=1S/C29H33N7O3/c1-28(2,38)19-39-22-14-23(26-21(15-30)17-33-36(26)18-22)20-7-8-25(32-16-20)35-12-9-29(3,10-13-35)34-27(37)24-6-4-5-11-31-24/h4,6-8,14,16-18,38H,5,9-13,19H2,1-3H3,(H,34,37). The maximum Gasteiger partial charge on any atom is 0.269 e. The molecule has 39 heavy (non-hydrogen) atoms. The van der Waals surface area contributed by atoms with Crippen LogP contribution in [0.5, 0.6) is 5.75 Å². The van der Waals surface area contributed by atoms with Crippen molar-refractivity contribution in [3.8, 4) is 22.9 Å². The molecule has 3 aromatic rings. The molecule has 1 saturated heterocycles. The van der Waals surface area contributed by atoms with Crippen LogP contribution < -0.4 is 15.0 Å². The van der Waals surface area contributed by atoms with E-state index in [1.54, 1.807) is 36.8 Å². The number of rotatable bonds is 7. The minimum Gasteiger partial charge on any atom is -0.489 e. The minimum atomic E-state index is -0.991. The lowest BCUT2D eigenvalue weighted by atomic mass is 9.89. The first kappa shape index (κ1) is 26.4. The number of piperidine rings is 1. The number of dihydropyridines is 1. The number of anilines is 1. The monoisotopic (exact) mass is 527 g/mol. The normalized spacial score (nSPS) is 17.0. The van der Waals surface area contributed by atoms with Gasteiger partial charge in [0.05, 0.1) is 29.1 Å². The highest BCUT2D eigenvalue weighted by Gasteiger charge is 2.33. The van der Waals surface area contributed by atoms with Crippen molar-refractivity contribution in [2.45, 2.75) is 51.2 Å². The van der Waals surface area contributed by atoms with Crippen molar-refractivity contribution >= 4 is 23.0 Å². The average Bonchev–Trinajstić information content (AvgIpc) is 3.35. The number of nitriles is 1. The molecule has 2 aliphatic rings. The van der Waals surface area contributed by atoms with Crippen molar-refractivity contribution in [3.05, 3.63) is 54.5 Å². The van der Waals surface area contributed by atoms with Gasteiger partial charge in [0.25, 0.3) is 5.91 Å². The fourth-order valence-corrected chi connectivity index (χ4v) is 4.82. The molecule has 10 heteroatoms. The van der Waals surface area contributed by atoms with E-state index in [4.69, 9.17) is 9.72 Å². The number of carbonyl (C=O) groups is 1. The first-order valence-corrected chi connectivity index (χ1v) is 13.2. The van der Waals surface area contributed by atoms with Gasteiger partial charge in [0.1, 0.15) is 30.0 Å². The highest BCUT2D eigenvalue weighted by atomic mass is 16.5. The fourth-order valence-electron chi connectivity index (χ4n) is 4.82. The van der Waals surface area contributed by atoms with Gasteiger partial charge in [-0.2, -0.15) is 10.4 Å². The highest BCUT2D eigenvalue weighted by Crippen LogP contribution is 2.32. The van der Waals surface area contributed by atoms with Crippen molar-refractivity contribution in [1.82, 2.24) is 19.9 Å². The molecule has 0 saturated carbocycles. The molecule has 0 bridgehead atoms. The average molecular weight is 528 g/mol. The maximum atomic E-state index is 12.7. The van der Waals surface area contributed by atoms with Gasteiger partial charge in [0.2, 0.25) is 0 Å². The Kier molecular flexibility index (Phi) is 7.10. The first-order valence-electron chi connectivity index (χ1n) is 13.2. The van der Waals surface area contributed by atoms with Crippen molar-refractivity contribution in [2.75, 3.05) is 31.1 Å². The predicted molar refractivity (Wildman–Crippen MR) is 149 cm³/mol. The lowest BCUT2D eigenvalue weighted by Crippen LogP contribution is -2.55. The molecule has 2 N–H and O–H groups in total. The molecular formula is C29H33N7O3. The van der Waals surface area contributed by atoms with Crippen molar-refractivity contribution in [3.63, 3.8) is 0 Å². The number of hydrogen-bond donors (Lipinski definition) is 2. The van der Waals surface area contributed by atoms with Gasteiger partial charge in [-0.1, -0.05) is 6.08 Å². The molecule has 0 spiro atoms. The molecule has 5 rings (SSSR count). The number of aliphatic hydroxyl groups is 1. The summed E-state index contributed by atoms with van der Waals surface area (Å²) >= 11 is 0. The van der Waals surface area contributed by atoms with E-state index in [0.717, 1.165) is 49.3 Å². The van der Waals surface area contributed by atoms with Crippen LogP contribution in [0.1, 0.15) is 45.6 Å². The van der Waals surface area contributed by atoms with E-state index in [1.807, 2.05) is 24.3 Å². The van der Waals surface area contributed by atoms with Crippen LogP contribution in [0.3, 0.4) is 0 Å². The van der Waals surface area contributed by atoms with Crippen molar-refractivity contribution < 1.29 is 14.6 Å². The molecule has 0 unspecified atom stereocenters. The molecular weight excluding hydrogens is 494 g/mol. The smallest absolute Gasteiger partial charge is 0.269 e. The summed E-state index contributed by atoms with van der Waals surface area (Å²) in [4.78, 5) is 23.9. The Morgan fingerprint density at radius 1 is 1.28 bits per heavy atom. The molecule has 0 atom stereocenters. The summed E-state index contributed by atoms with van der Waals surface area (Å²) in [5.41, 5.74) is 1.93. The number of nitrogens with zero attached hydrogens (tertiary/aromatic N) is 6. The molecule has 0 aliphatic carbocycles. The van der Waals surface area contributed by atoms with Crippen LogP contribution in [0.25, 0.3) is 16.6 Å². The van der Waals surface area contributed by atoms with E-state index in [2.05, 4.69) is 33.3 Å². The number of carbonyl (C=O) groups excluding carboxylic acids is 1. The first-order chi connectivity index (χ1) is 18.6. The van der Waals surface area contributed by atoms with Gasteiger partial charge in [-0.15, -0.1) is 0 Å². The number of pyridine rings is 2. The summed E-state index contributed by atoms with van der Waals surface area (Å²) in [5, 5.41) is 27.2. The largest absolute Gasteiger partial charge is 0.489 e. The van der Waals surface area contributed by atoms with E-state index in [-0.39, 0.29) is 18.1 Å². The van der Waals surface area contributed by atoms with E-state index < -0.39 is 5.60 Å². The molecule has 2 aliphatic heterocycles. The molecule has 0 radical (unpaired) electrons. The summed E-state index contributed by atoms with van der Waals surface area (Å²) in [7, 11) is 0. The molecule has 1 fully saturated rings. The quantitative estimate of drug-likeness (QED) is 0.482. The van der Waals surface area contributed by atoms with Crippen LogP contribution >= 0.6 is 0 Å². The van der Waals surface area contributed by atoms with E-state index in [1.165, 1.54) is 6.20 Å².